The molecule has 0 bridgehead atoms. The van der Waals surface area contributed by atoms with Crippen molar-refractivity contribution in [3.8, 4) is 17.6 Å². The molecule has 0 unspecified atom stereocenters. The highest BCUT2D eigenvalue weighted by Gasteiger charge is 1.92. The molecule has 0 spiro atoms. The van der Waals surface area contributed by atoms with Gasteiger partial charge in [-0.1, -0.05) is 25.0 Å². The van der Waals surface area contributed by atoms with E-state index in [2.05, 4.69) is 24.8 Å². The summed E-state index contributed by atoms with van der Waals surface area (Å²) in [5.41, 5.74) is 1.22. The van der Waals surface area contributed by atoms with E-state index in [0.29, 0.717) is 0 Å². The van der Waals surface area contributed by atoms with Crippen molar-refractivity contribution in [1.82, 2.24) is 0 Å². The van der Waals surface area contributed by atoms with Crippen molar-refractivity contribution in [2.45, 2.75) is 26.2 Å². The maximum absolute atomic E-state index is 5.13. The van der Waals surface area contributed by atoms with Crippen LogP contribution in [0.4, 0.5) is 0 Å². The van der Waals surface area contributed by atoms with Crippen molar-refractivity contribution in [3.05, 3.63) is 29.8 Å². The van der Waals surface area contributed by atoms with Gasteiger partial charge in [-0.25, -0.2) is 0 Å². The number of hydrogen-bond acceptors (Lipinski definition) is 1. The summed E-state index contributed by atoms with van der Waals surface area (Å²) in [4.78, 5) is 0. The molecule has 0 saturated carbocycles. The molecule has 0 aliphatic carbocycles. The molecule has 1 heteroatoms. The molecule has 1 nitrogen and oxygen atoms in total. The lowest BCUT2D eigenvalue weighted by Gasteiger charge is -2.00. The predicted molar refractivity (Wildman–Crippen MR) is 59.4 cm³/mol. The van der Waals surface area contributed by atoms with Gasteiger partial charge in [-0.3, -0.25) is 0 Å². The zero-order valence-corrected chi connectivity index (χ0v) is 8.84. The Balaban J connectivity index is 2.55. The maximum Gasteiger partial charge on any atom is 0.119 e. The van der Waals surface area contributed by atoms with Gasteiger partial charge < -0.3 is 4.74 Å². The summed E-state index contributed by atoms with van der Waals surface area (Å²) in [5.74, 6) is 7.18. The lowest BCUT2D eigenvalue weighted by Crippen LogP contribution is -1.85. The van der Waals surface area contributed by atoms with Gasteiger partial charge in [0.1, 0.15) is 5.75 Å². The number of benzene rings is 1. The highest BCUT2D eigenvalue weighted by Crippen LogP contribution is 2.12. The van der Waals surface area contributed by atoms with Gasteiger partial charge in [0.05, 0.1) is 7.11 Å². The Hall–Kier alpha value is -1.42. The second kappa shape index (κ2) is 6.10. The van der Waals surface area contributed by atoms with Crippen molar-refractivity contribution < 1.29 is 4.74 Å². The first kappa shape index (κ1) is 10.7. The monoisotopic (exact) mass is 188 g/mol. The molecule has 0 aliphatic rings. The van der Waals surface area contributed by atoms with Crippen LogP contribution in [0.15, 0.2) is 24.3 Å². The predicted octanol–water partition coefficient (Wildman–Crippen LogP) is 3.04. The lowest BCUT2D eigenvalue weighted by atomic mass is 10.1. The van der Waals surface area contributed by atoms with E-state index in [0.717, 1.165) is 25.0 Å². The summed E-state index contributed by atoms with van der Waals surface area (Å²) in [6.07, 6.45) is 2.94. The zero-order valence-electron chi connectivity index (χ0n) is 8.84. The Morgan fingerprint density at radius 3 is 2.86 bits per heavy atom. The molecule has 0 atom stereocenters. The standard InChI is InChI=1S/C13H16O/c1-3-4-5-6-8-12-9-7-10-13(11-12)14-2/h7,9-11H,3-4,8H2,1-2H3. The topological polar surface area (TPSA) is 9.23 Å². The fraction of sp³-hybridized carbons (Fsp3) is 0.385. The first-order chi connectivity index (χ1) is 6.86. The van der Waals surface area contributed by atoms with E-state index in [9.17, 15) is 0 Å². The van der Waals surface area contributed by atoms with Crippen molar-refractivity contribution >= 4 is 0 Å². The van der Waals surface area contributed by atoms with Crippen LogP contribution in [0.1, 0.15) is 25.3 Å². The van der Waals surface area contributed by atoms with Gasteiger partial charge in [-0.2, -0.15) is 0 Å². The van der Waals surface area contributed by atoms with Gasteiger partial charge in [0, 0.05) is 12.8 Å². The van der Waals surface area contributed by atoms with E-state index in [1.54, 1.807) is 7.11 Å². The molecular formula is C13H16O. The normalized spacial score (nSPS) is 9.00. The molecule has 0 fully saturated rings. The van der Waals surface area contributed by atoms with Crippen LogP contribution < -0.4 is 4.74 Å². The van der Waals surface area contributed by atoms with Crippen LogP contribution in [0.2, 0.25) is 0 Å². The Bertz CT molecular complexity index is 331. The van der Waals surface area contributed by atoms with Crippen molar-refractivity contribution in [2.24, 2.45) is 0 Å². The first-order valence-corrected chi connectivity index (χ1v) is 4.95. The molecule has 0 heterocycles. The van der Waals surface area contributed by atoms with E-state index in [-0.39, 0.29) is 0 Å². The number of methoxy groups -OCH3 is 1. The van der Waals surface area contributed by atoms with E-state index < -0.39 is 0 Å². The molecule has 0 aromatic heterocycles. The van der Waals surface area contributed by atoms with Gasteiger partial charge in [0.15, 0.2) is 0 Å². The van der Waals surface area contributed by atoms with Crippen LogP contribution in [0.5, 0.6) is 5.75 Å². The molecule has 0 saturated heterocycles. The quantitative estimate of drug-likeness (QED) is 0.662. The average Bonchev–Trinajstić information content (AvgIpc) is 2.25. The third-order valence-electron chi connectivity index (χ3n) is 1.93. The minimum atomic E-state index is 0.817. The third kappa shape index (κ3) is 3.53. The highest BCUT2D eigenvalue weighted by atomic mass is 16.5. The van der Waals surface area contributed by atoms with Crippen LogP contribution in [0.25, 0.3) is 0 Å². The first-order valence-electron chi connectivity index (χ1n) is 4.95. The van der Waals surface area contributed by atoms with E-state index >= 15 is 0 Å². The molecule has 0 aliphatic heterocycles. The molecule has 1 rings (SSSR count). The Morgan fingerprint density at radius 1 is 1.29 bits per heavy atom. The van der Waals surface area contributed by atoms with Crippen molar-refractivity contribution in [2.75, 3.05) is 7.11 Å². The van der Waals surface area contributed by atoms with E-state index in [4.69, 9.17) is 4.74 Å². The smallest absolute Gasteiger partial charge is 0.119 e. The number of hydrogen-bond donors (Lipinski definition) is 0. The molecule has 1 aromatic carbocycles. The summed E-state index contributed by atoms with van der Waals surface area (Å²) >= 11 is 0. The van der Waals surface area contributed by atoms with E-state index in [1.807, 2.05) is 18.2 Å². The summed E-state index contributed by atoms with van der Waals surface area (Å²) in [6.45, 7) is 2.14. The fourth-order valence-corrected chi connectivity index (χ4v) is 1.16. The number of rotatable bonds is 3. The molecule has 14 heavy (non-hydrogen) atoms. The highest BCUT2D eigenvalue weighted by molar-refractivity contribution is 5.30. The largest absolute Gasteiger partial charge is 0.497 e. The molecular weight excluding hydrogens is 172 g/mol. The summed E-state index contributed by atoms with van der Waals surface area (Å²) < 4.78 is 5.13. The molecule has 0 radical (unpaired) electrons. The van der Waals surface area contributed by atoms with Crippen molar-refractivity contribution in [3.63, 3.8) is 0 Å². The zero-order chi connectivity index (χ0) is 10.2. The van der Waals surface area contributed by atoms with Crippen molar-refractivity contribution in [1.29, 1.82) is 0 Å². The number of ether oxygens (including phenoxy) is 1. The average molecular weight is 188 g/mol. The molecule has 74 valence electrons. The second-order valence-electron chi connectivity index (χ2n) is 3.13. The molecule has 0 N–H and O–H groups in total. The SMILES string of the molecule is CCCC#CCc1cccc(OC)c1. The maximum atomic E-state index is 5.13. The minimum absolute atomic E-state index is 0.817. The molecule has 0 amide bonds. The Morgan fingerprint density at radius 2 is 2.14 bits per heavy atom. The van der Waals surface area contributed by atoms with Gasteiger partial charge >= 0.3 is 0 Å². The van der Waals surface area contributed by atoms with E-state index in [1.165, 1.54) is 5.56 Å². The summed E-state index contributed by atoms with van der Waals surface area (Å²) in [7, 11) is 1.68. The number of unbranched alkanes of at least 4 members (excludes halogenated alkanes) is 1. The van der Waals surface area contributed by atoms with Crippen LogP contribution in [-0.2, 0) is 6.42 Å². The molecule has 1 aromatic rings. The van der Waals surface area contributed by atoms with Gasteiger partial charge in [-0.15, -0.1) is 5.92 Å². The van der Waals surface area contributed by atoms with Crippen LogP contribution in [-0.4, -0.2) is 7.11 Å². The second-order valence-corrected chi connectivity index (χ2v) is 3.13. The summed E-state index contributed by atoms with van der Waals surface area (Å²) in [6, 6.07) is 8.04. The van der Waals surface area contributed by atoms with Crippen LogP contribution in [0, 0.1) is 11.8 Å². The van der Waals surface area contributed by atoms with Crippen LogP contribution in [0.3, 0.4) is 0 Å². The Kier molecular flexibility index (Phi) is 4.64. The van der Waals surface area contributed by atoms with Crippen LogP contribution >= 0.6 is 0 Å². The Labute approximate surface area is 86.1 Å². The fourth-order valence-electron chi connectivity index (χ4n) is 1.16. The van der Waals surface area contributed by atoms with Gasteiger partial charge in [0.2, 0.25) is 0 Å². The van der Waals surface area contributed by atoms with Gasteiger partial charge in [0.25, 0.3) is 0 Å². The third-order valence-corrected chi connectivity index (χ3v) is 1.93. The summed E-state index contributed by atoms with van der Waals surface area (Å²) in [5, 5.41) is 0. The van der Waals surface area contributed by atoms with Gasteiger partial charge in [-0.05, 0) is 24.1 Å². The lowest BCUT2D eigenvalue weighted by molar-refractivity contribution is 0.414. The minimum Gasteiger partial charge on any atom is -0.497 e.